The lowest BCUT2D eigenvalue weighted by Crippen LogP contribution is -2.49. The van der Waals surface area contributed by atoms with Gasteiger partial charge in [-0.2, -0.15) is 8.78 Å². The first-order chi connectivity index (χ1) is 22.4. The van der Waals surface area contributed by atoms with Crippen molar-refractivity contribution in [1.82, 2.24) is 21.0 Å². The summed E-state index contributed by atoms with van der Waals surface area (Å²) in [4.78, 5) is 57.8. The van der Waals surface area contributed by atoms with Crippen LogP contribution in [0.2, 0.25) is 0 Å². The van der Waals surface area contributed by atoms with E-state index in [-0.39, 0.29) is 41.1 Å². The minimum absolute atomic E-state index is 0.0268. The number of halogens is 2. The Morgan fingerprint density at radius 1 is 1.06 bits per heavy atom. The van der Waals surface area contributed by atoms with Crippen LogP contribution in [0.15, 0.2) is 53.9 Å². The third-order valence-electron chi connectivity index (χ3n) is 8.29. The largest absolute Gasteiger partial charge is 0.347 e. The van der Waals surface area contributed by atoms with Crippen LogP contribution in [-0.2, 0) is 34.6 Å². The Morgan fingerprint density at radius 2 is 1.79 bits per heavy atom. The topological polar surface area (TPSA) is 159 Å². The van der Waals surface area contributed by atoms with Gasteiger partial charge in [0.2, 0.25) is 11.8 Å². The van der Waals surface area contributed by atoms with Crippen molar-refractivity contribution in [2.45, 2.75) is 44.1 Å². The number of ether oxygens (including phenoxy) is 2. The number of rotatable bonds is 7. The quantitative estimate of drug-likeness (QED) is 0.170. The van der Waals surface area contributed by atoms with Crippen LogP contribution in [0.1, 0.15) is 58.2 Å². The van der Waals surface area contributed by atoms with Crippen molar-refractivity contribution in [3.05, 3.63) is 81.0 Å². The lowest BCUT2D eigenvalue weighted by molar-refractivity contribution is -0.152. The van der Waals surface area contributed by atoms with E-state index in [0.717, 1.165) is 0 Å². The molecule has 0 saturated carbocycles. The molecule has 3 amide bonds. The second-order valence-corrected chi connectivity index (χ2v) is 12.4. The highest BCUT2D eigenvalue weighted by molar-refractivity contribution is 7.10. The van der Waals surface area contributed by atoms with Crippen LogP contribution in [0.4, 0.5) is 8.78 Å². The van der Waals surface area contributed by atoms with Gasteiger partial charge in [-0.3, -0.25) is 24.6 Å². The molecule has 2 aliphatic heterocycles. The summed E-state index contributed by atoms with van der Waals surface area (Å²) in [5.74, 6) is -6.72. The molecule has 2 atom stereocenters. The zero-order valence-corrected chi connectivity index (χ0v) is 26.2. The van der Waals surface area contributed by atoms with Crippen LogP contribution in [-0.4, -0.2) is 72.6 Å². The first kappa shape index (κ1) is 32.2. The number of nitrogens with one attached hydrogen (secondary N) is 4. The van der Waals surface area contributed by atoms with E-state index in [9.17, 15) is 28.0 Å². The number of likely N-dealkylation sites (tertiary alicyclic amines) is 1. The Labute approximate surface area is 271 Å². The SMILES string of the molecule is CC(=O)ONC(=N)c1csc(C(C)NC(=O)[C@@H]2CC3(CN2C(=O)CNC(=O)c2ccc4c(c2)-c2ccccc2C4(F)F)OCCO3)c1. The minimum Gasteiger partial charge on any atom is -0.347 e. The van der Waals surface area contributed by atoms with Gasteiger partial charge < -0.3 is 29.8 Å². The number of amidine groups is 1. The summed E-state index contributed by atoms with van der Waals surface area (Å²) < 4.78 is 41.5. The fourth-order valence-corrected chi connectivity index (χ4v) is 6.90. The number of alkyl halides is 2. The Hall–Kier alpha value is -4.73. The average Bonchev–Trinajstić information content (AvgIpc) is 3.85. The maximum atomic E-state index is 14.9. The summed E-state index contributed by atoms with van der Waals surface area (Å²) in [5, 5.41) is 15.2. The standard InChI is InChI=1S/C32H31F2N5O7S/c1-17(26-12-20(15-47-26)28(35)38-46-18(2)40)37-30(43)25-13-31(44-9-10-45-31)16-39(25)27(41)14-36-29(42)19-7-8-24-22(11-19)21-5-3-4-6-23(21)32(24,33)34/h3-8,11-12,15,17,25H,9-10,13-14,16H2,1-2H3,(H2,35,38)(H,36,42)(H,37,43)/t17?,25-/m0/s1. The maximum absolute atomic E-state index is 14.9. The zero-order valence-electron chi connectivity index (χ0n) is 25.4. The molecule has 3 aromatic rings. The molecule has 3 aliphatic rings. The molecule has 47 heavy (non-hydrogen) atoms. The highest BCUT2D eigenvalue weighted by atomic mass is 32.1. The van der Waals surface area contributed by atoms with Crippen molar-refractivity contribution in [2.24, 2.45) is 0 Å². The number of carbonyl (C=O) groups is 4. The Balaban J connectivity index is 1.12. The fraction of sp³-hybridized carbons (Fsp3) is 0.344. The van der Waals surface area contributed by atoms with Crippen LogP contribution in [0.5, 0.6) is 0 Å². The minimum atomic E-state index is -3.18. The highest BCUT2D eigenvalue weighted by Gasteiger charge is 2.52. The number of amides is 3. The molecule has 1 unspecified atom stereocenters. The van der Waals surface area contributed by atoms with Crippen molar-refractivity contribution in [1.29, 1.82) is 5.41 Å². The van der Waals surface area contributed by atoms with Crippen molar-refractivity contribution in [2.75, 3.05) is 26.3 Å². The van der Waals surface area contributed by atoms with Gasteiger partial charge in [0.25, 0.3) is 11.8 Å². The first-order valence-electron chi connectivity index (χ1n) is 14.8. The van der Waals surface area contributed by atoms with E-state index < -0.39 is 54.0 Å². The van der Waals surface area contributed by atoms with E-state index in [1.807, 2.05) is 0 Å². The third kappa shape index (κ3) is 6.21. The third-order valence-corrected chi connectivity index (χ3v) is 9.41. The summed E-state index contributed by atoms with van der Waals surface area (Å²) in [5.41, 5.74) is 3.09. The highest BCUT2D eigenvalue weighted by Crippen LogP contribution is 2.51. The lowest BCUT2D eigenvalue weighted by atomic mass is 10.0. The average molecular weight is 668 g/mol. The number of hydrogen-bond donors (Lipinski definition) is 4. The van der Waals surface area contributed by atoms with Crippen LogP contribution < -0.4 is 16.1 Å². The fourth-order valence-electron chi connectivity index (χ4n) is 5.99. The van der Waals surface area contributed by atoms with E-state index >= 15 is 0 Å². The van der Waals surface area contributed by atoms with Crippen molar-refractivity contribution >= 4 is 40.9 Å². The van der Waals surface area contributed by atoms with Crippen LogP contribution in [0.3, 0.4) is 0 Å². The lowest BCUT2D eigenvalue weighted by Gasteiger charge is -2.25. The summed E-state index contributed by atoms with van der Waals surface area (Å²) in [7, 11) is 0. The second kappa shape index (κ2) is 12.5. The predicted molar refractivity (Wildman–Crippen MR) is 165 cm³/mol. The second-order valence-electron chi connectivity index (χ2n) is 11.5. The van der Waals surface area contributed by atoms with Gasteiger partial charge in [-0.05, 0) is 36.2 Å². The van der Waals surface area contributed by atoms with Gasteiger partial charge in [0.1, 0.15) is 6.04 Å². The van der Waals surface area contributed by atoms with Gasteiger partial charge in [0.05, 0.1) is 32.3 Å². The molecule has 2 saturated heterocycles. The van der Waals surface area contributed by atoms with Crippen molar-refractivity contribution in [3.63, 3.8) is 0 Å². The van der Waals surface area contributed by atoms with Crippen LogP contribution in [0, 0.1) is 5.41 Å². The van der Waals surface area contributed by atoms with Gasteiger partial charge in [0.15, 0.2) is 11.6 Å². The van der Waals surface area contributed by atoms with Gasteiger partial charge in [-0.25, -0.2) is 5.48 Å². The molecule has 15 heteroatoms. The number of fused-ring (bicyclic) bond motifs is 3. The molecule has 1 aliphatic carbocycles. The Morgan fingerprint density at radius 3 is 2.53 bits per heavy atom. The smallest absolute Gasteiger partial charge is 0.329 e. The van der Waals surface area contributed by atoms with E-state index in [4.69, 9.17) is 14.9 Å². The molecule has 2 fully saturated rings. The zero-order chi connectivity index (χ0) is 33.5. The van der Waals surface area contributed by atoms with Gasteiger partial charge in [-0.15, -0.1) is 11.3 Å². The summed E-state index contributed by atoms with van der Waals surface area (Å²) in [6.07, 6.45) is 0.0797. The van der Waals surface area contributed by atoms with E-state index in [2.05, 4.69) is 21.0 Å². The van der Waals surface area contributed by atoms with Gasteiger partial charge in [0, 0.05) is 45.9 Å². The molecule has 4 N–H and O–H groups in total. The molecular weight excluding hydrogens is 636 g/mol. The molecule has 246 valence electrons. The maximum Gasteiger partial charge on any atom is 0.329 e. The molecule has 12 nitrogen and oxygen atoms in total. The monoisotopic (exact) mass is 667 g/mol. The molecular formula is C32H31F2N5O7S. The van der Waals surface area contributed by atoms with Crippen molar-refractivity contribution in [3.8, 4) is 11.1 Å². The molecule has 3 heterocycles. The van der Waals surface area contributed by atoms with E-state index in [1.54, 1.807) is 30.5 Å². The van der Waals surface area contributed by atoms with Crippen LogP contribution in [0.25, 0.3) is 11.1 Å². The van der Waals surface area contributed by atoms with Gasteiger partial charge in [-0.1, -0.05) is 30.3 Å². The Kier molecular flexibility index (Phi) is 8.55. The summed E-state index contributed by atoms with van der Waals surface area (Å²) >= 11 is 1.29. The molecule has 1 spiro atoms. The van der Waals surface area contributed by atoms with Crippen molar-refractivity contribution < 1.29 is 42.3 Å². The first-order valence-corrected chi connectivity index (χ1v) is 15.7. The number of nitrogens with zero attached hydrogens (tertiary/aromatic N) is 1. The van der Waals surface area contributed by atoms with Crippen LogP contribution >= 0.6 is 11.3 Å². The summed E-state index contributed by atoms with van der Waals surface area (Å²) in [6, 6.07) is 10.2. The van der Waals surface area contributed by atoms with E-state index in [1.165, 1.54) is 53.5 Å². The molecule has 6 rings (SSSR count). The number of benzene rings is 2. The molecule has 0 bridgehead atoms. The molecule has 0 radical (unpaired) electrons. The Bertz CT molecular complexity index is 1770. The summed E-state index contributed by atoms with van der Waals surface area (Å²) in [6.45, 7) is 3.07. The number of hydrogen-bond acceptors (Lipinski definition) is 9. The normalized spacial score (nSPS) is 19.1. The number of hydroxylamine groups is 1. The molecule has 2 aromatic carbocycles. The van der Waals surface area contributed by atoms with Gasteiger partial charge >= 0.3 is 5.97 Å². The number of thiophene rings is 1. The van der Waals surface area contributed by atoms with E-state index in [0.29, 0.717) is 29.2 Å². The number of carbonyl (C=O) groups excluding carboxylic acids is 4. The predicted octanol–water partition coefficient (Wildman–Crippen LogP) is 3.21. The molecule has 1 aromatic heterocycles.